The summed E-state index contributed by atoms with van der Waals surface area (Å²) in [5, 5.41) is 20.6. The number of anilines is 2. The molecule has 0 amide bonds. The fourth-order valence-corrected chi connectivity index (χ4v) is 1.62. The summed E-state index contributed by atoms with van der Waals surface area (Å²) in [5.41, 5.74) is 4.56. The Hall–Kier alpha value is -1.80. The molecule has 1 rings (SSSR count). The Labute approximate surface area is 109 Å². The van der Waals surface area contributed by atoms with Gasteiger partial charge in [-0.25, -0.2) is 4.79 Å². The van der Waals surface area contributed by atoms with E-state index < -0.39 is 17.3 Å². The Morgan fingerprint density at radius 1 is 1.37 bits per heavy atom. The quantitative estimate of drug-likeness (QED) is 0.418. The van der Waals surface area contributed by atoms with Crippen molar-refractivity contribution >= 4 is 11.5 Å². The van der Waals surface area contributed by atoms with Crippen molar-refractivity contribution in [3.8, 4) is 0 Å². The molecule has 0 bridgehead atoms. The summed E-state index contributed by atoms with van der Waals surface area (Å²) < 4.78 is 1.26. The van der Waals surface area contributed by atoms with Crippen LogP contribution in [0.25, 0.3) is 0 Å². The molecule has 0 aliphatic rings. The fourth-order valence-electron chi connectivity index (χ4n) is 1.62. The molecule has 0 saturated heterocycles. The summed E-state index contributed by atoms with van der Waals surface area (Å²) in [6.45, 7) is 1.65. The van der Waals surface area contributed by atoms with Crippen molar-refractivity contribution in [3.05, 3.63) is 20.8 Å². The third kappa shape index (κ3) is 3.58. The number of rotatable bonds is 7. The van der Waals surface area contributed by atoms with E-state index in [1.807, 2.05) is 6.92 Å². The second-order valence-corrected chi connectivity index (χ2v) is 4.23. The lowest BCUT2D eigenvalue weighted by Crippen LogP contribution is -2.37. The zero-order chi connectivity index (χ0) is 14.4. The summed E-state index contributed by atoms with van der Waals surface area (Å²) in [6.07, 6.45) is 1.63. The van der Waals surface area contributed by atoms with Crippen LogP contribution >= 0.6 is 0 Å². The van der Waals surface area contributed by atoms with Crippen LogP contribution in [0, 0.1) is 0 Å². The maximum Gasteiger partial charge on any atom is 0.330 e. The zero-order valence-corrected chi connectivity index (χ0v) is 10.8. The van der Waals surface area contributed by atoms with Gasteiger partial charge >= 0.3 is 5.69 Å². The molecule has 0 spiro atoms. The van der Waals surface area contributed by atoms with Crippen LogP contribution in [0.15, 0.2) is 9.59 Å². The van der Waals surface area contributed by atoms with Gasteiger partial charge in [-0.2, -0.15) is 0 Å². The van der Waals surface area contributed by atoms with Crippen LogP contribution < -0.4 is 22.3 Å². The minimum atomic E-state index is -0.708. The Morgan fingerprint density at radius 3 is 2.53 bits per heavy atom. The van der Waals surface area contributed by atoms with Gasteiger partial charge in [0, 0.05) is 6.54 Å². The first-order chi connectivity index (χ1) is 9.04. The van der Waals surface area contributed by atoms with E-state index in [-0.39, 0.29) is 24.7 Å². The predicted octanol–water partition coefficient (Wildman–Crippen LogP) is -1.32. The van der Waals surface area contributed by atoms with Gasteiger partial charge in [0.1, 0.15) is 11.5 Å². The molecular weight excluding hydrogens is 252 g/mol. The molecule has 0 radical (unpaired) electrons. The SMILES string of the molecule is CCCCn1c(N)c(NC(CO)CO)c(=O)[nH]c1=O. The van der Waals surface area contributed by atoms with Crippen LogP contribution in [0.3, 0.4) is 0 Å². The fraction of sp³-hybridized carbons (Fsp3) is 0.636. The average molecular weight is 272 g/mol. The molecule has 0 aromatic carbocycles. The highest BCUT2D eigenvalue weighted by molar-refractivity contribution is 5.60. The molecule has 0 atom stereocenters. The first kappa shape index (κ1) is 15.3. The zero-order valence-electron chi connectivity index (χ0n) is 10.8. The number of aliphatic hydroxyl groups excluding tert-OH is 2. The van der Waals surface area contributed by atoms with E-state index in [2.05, 4.69) is 10.3 Å². The molecule has 0 aliphatic carbocycles. The van der Waals surface area contributed by atoms with Gasteiger partial charge in [-0.3, -0.25) is 14.3 Å². The third-order valence-corrected chi connectivity index (χ3v) is 2.76. The van der Waals surface area contributed by atoms with Gasteiger partial charge < -0.3 is 21.3 Å². The number of nitrogens with one attached hydrogen (secondary N) is 2. The maximum absolute atomic E-state index is 11.7. The van der Waals surface area contributed by atoms with Gasteiger partial charge in [-0.15, -0.1) is 0 Å². The van der Waals surface area contributed by atoms with Crippen LogP contribution in [0.4, 0.5) is 11.5 Å². The number of H-pyrrole nitrogens is 1. The second kappa shape index (κ2) is 6.95. The largest absolute Gasteiger partial charge is 0.394 e. The van der Waals surface area contributed by atoms with E-state index in [9.17, 15) is 9.59 Å². The molecule has 6 N–H and O–H groups in total. The molecule has 1 aromatic heterocycles. The van der Waals surface area contributed by atoms with E-state index in [1.54, 1.807) is 0 Å². The van der Waals surface area contributed by atoms with Gasteiger partial charge in [0.15, 0.2) is 0 Å². The van der Waals surface area contributed by atoms with Gasteiger partial charge in [0.2, 0.25) is 0 Å². The van der Waals surface area contributed by atoms with Crippen LogP contribution in [-0.4, -0.2) is 39.0 Å². The normalized spacial score (nSPS) is 10.9. The molecule has 0 aliphatic heterocycles. The molecule has 0 fully saturated rings. The smallest absolute Gasteiger partial charge is 0.330 e. The number of nitrogen functional groups attached to an aromatic ring is 1. The second-order valence-electron chi connectivity index (χ2n) is 4.23. The van der Waals surface area contributed by atoms with Crippen molar-refractivity contribution in [1.82, 2.24) is 9.55 Å². The minimum absolute atomic E-state index is 0.00843. The van der Waals surface area contributed by atoms with Crippen molar-refractivity contribution in [2.75, 3.05) is 24.3 Å². The topological polar surface area (TPSA) is 133 Å². The molecule has 0 unspecified atom stereocenters. The van der Waals surface area contributed by atoms with Crippen molar-refractivity contribution in [1.29, 1.82) is 0 Å². The third-order valence-electron chi connectivity index (χ3n) is 2.76. The highest BCUT2D eigenvalue weighted by Crippen LogP contribution is 2.12. The predicted molar refractivity (Wildman–Crippen MR) is 72.2 cm³/mol. The van der Waals surface area contributed by atoms with E-state index in [0.717, 1.165) is 12.8 Å². The molecule has 19 heavy (non-hydrogen) atoms. The van der Waals surface area contributed by atoms with Crippen LogP contribution in [0.5, 0.6) is 0 Å². The van der Waals surface area contributed by atoms with Gasteiger partial charge in [-0.1, -0.05) is 13.3 Å². The lowest BCUT2D eigenvalue weighted by molar-refractivity contribution is 0.204. The Bertz CT molecular complexity index is 518. The van der Waals surface area contributed by atoms with Crippen molar-refractivity contribution in [2.24, 2.45) is 0 Å². The minimum Gasteiger partial charge on any atom is -0.394 e. The number of nitrogens with zero attached hydrogens (tertiary/aromatic N) is 1. The molecule has 8 nitrogen and oxygen atoms in total. The summed E-state index contributed by atoms with van der Waals surface area (Å²) in [5.74, 6) is 0.00843. The number of hydrogen-bond donors (Lipinski definition) is 5. The number of hydrogen-bond acceptors (Lipinski definition) is 6. The molecule has 1 aromatic rings. The lowest BCUT2D eigenvalue weighted by Gasteiger charge is -2.17. The number of nitrogens with two attached hydrogens (primary N) is 1. The van der Waals surface area contributed by atoms with E-state index >= 15 is 0 Å². The van der Waals surface area contributed by atoms with Crippen LogP contribution in [-0.2, 0) is 6.54 Å². The highest BCUT2D eigenvalue weighted by atomic mass is 16.3. The molecular formula is C11H20N4O4. The summed E-state index contributed by atoms with van der Waals surface area (Å²) in [6, 6.07) is -0.708. The van der Waals surface area contributed by atoms with Gasteiger partial charge in [-0.05, 0) is 6.42 Å². The first-order valence-corrected chi connectivity index (χ1v) is 6.16. The van der Waals surface area contributed by atoms with E-state index in [0.29, 0.717) is 6.54 Å². The lowest BCUT2D eigenvalue weighted by atomic mass is 10.3. The number of aromatic amines is 1. The summed E-state index contributed by atoms with van der Waals surface area (Å²) in [4.78, 5) is 25.5. The van der Waals surface area contributed by atoms with Crippen molar-refractivity contribution < 1.29 is 10.2 Å². The molecule has 8 heteroatoms. The monoisotopic (exact) mass is 272 g/mol. The Balaban J connectivity index is 3.17. The molecule has 0 saturated carbocycles. The van der Waals surface area contributed by atoms with E-state index in [4.69, 9.17) is 15.9 Å². The van der Waals surface area contributed by atoms with Gasteiger partial charge in [0.05, 0.1) is 19.3 Å². The van der Waals surface area contributed by atoms with Crippen molar-refractivity contribution in [2.45, 2.75) is 32.4 Å². The average Bonchev–Trinajstić information content (AvgIpc) is 2.38. The standard InChI is InChI=1S/C11H20N4O4/c1-2-3-4-15-9(12)8(10(18)14-11(15)19)13-7(5-16)6-17/h7,13,16-17H,2-6,12H2,1H3,(H,14,18,19). The number of aromatic nitrogens is 2. The highest BCUT2D eigenvalue weighted by Gasteiger charge is 2.15. The van der Waals surface area contributed by atoms with E-state index in [1.165, 1.54) is 4.57 Å². The number of aliphatic hydroxyl groups is 2. The Morgan fingerprint density at radius 2 is 2.00 bits per heavy atom. The van der Waals surface area contributed by atoms with Crippen LogP contribution in [0.2, 0.25) is 0 Å². The molecule has 1 heterocycles. The molecule has 108 valence electrons. The summed E-state index contributed by atoms with van der Waals surface area (Å²) in [7, 11) is 0. The maximum atomic E-state index is 11.7. The van der Waals surface area contributed by atoms with Crippen molar-refractivity contribution in [3.63, 3.8) is 0 Å². The first-order valence-electron chi connectivity index (χ1n) is 6.16. The number of unbranched alkanes of at least 4 members (excludes halogenated alkanes) is 1. The Kier molecular flexibility index (Phi) is 5.58. The van der Waals surface area contributed by atoms with Gasteiger partial charge in [0.25, 0.3) is 5.56 Å². The van der Waals surface area contributed by atoms with Crippen LogP contribution in [0.1, 0.15) is 19.8 Å². The summed E-state index contributed by atoms with van der Waals surface area (Å²) >= 11 is 0.